The van der Waals surface area contributed by atoms with E-state index in [-0.39, 0.29) is 6.42 Å². The summed E-state index contributed by atoms with van der Waals surface area (Å²) >= 11 is 0. The van der Waals surface area contributed by atoms with Gasteiger partial charge in [-0.3, -0.25) is 0 Å². The van der Waals surface area contributed by atoms with Gasteiger partial charge in [-0.05, 0) is 18.4 Å². The highest BCUT2D eigenvalue weighted by molar-refractivity contribution is 5.74. The van der Waals surface area contributed by atoms with Crippen LogP contribution in [0.25, 0.3) is 0 Å². The Labute approximate surface area is 82.7 Å². The fourth-order valence-corrected chi connectivity index (χ4v) is 1.18. The zero-order chi connectivity index (χ0) is 10.4. The van der Waals surface area contributed by atoms with E-state index in [0.717, 1.165) is 5.56 Å². The lowest BCUT2D eigenvalue weighted by molar-refractivity contribution is -0.146. The summed E-state index contributed by atoms with van der Waals surface area (Å²) < 4.78 is 17.3. The maximum Gasteiger partial charge on any atom is 0.340 e. The maximum atomic E-state index is 13.0. The smallest absolute Gasteiger partial charge is 0.340 e. The maximum absolute atomic E-state index is 13.0. The summed E-state index contributed by atoms with van der Waals surface area (Å²) in [5, 5.41) is 0. The monoisotopic (exact) mass is 196 g/mol. The van der Waals surface area contributed by atoms with E-state index in [2.05, 4.69) is 4.74 Å². The van der Waals surface area contributed by atoms with Gasteiger partial charge in [-0.25, -0.2) is 9.18 Å². The average molecular weight is 196 g/mol. The highest BCUT2D eigenvalue weighted by Gasteiger charge is 2.16. The fraction of sp³-hybridized carbons (Fsp3) is 0.364. The number of carbonyl (C=O) groups excluding carboxylic acids is 1. The highest BCUT2D eigenvalue weighted by Crippen LogP contribution is 2.08. The second kappa shape index (κ2) is 5.37. The first-order valence-electron chi connectivity index (χ1n) is 4.50. The van der Waals surface area contributed by atoms with Gasteiger partial charge >= 0.3 is 5.97 Å². The molecule has 1 aromatic carbocycles. The van der Waals surface area contributed by atoms with Gasteiger partial charge in [0, 0.05) is 0 Å². The predicted octanol–water partition coefficient (Wildman–Crippen LogP) is 2.13. The summed E-state index contributed by atoms with van der Waals surface area (Å²) in [6.45, 7) is 0. The van der Waals surface area contributed by atoms with E-state index in [0.29, 0.717) is 6.42 Å². The van der Waals surface area contributed by atoms with Gasteiger partial charge in [0.15, 0.2) is 6.17 Å². The molecule has 2 nitrogen and oxygen atoms in total. The second-order valence-corrected chi connectivity index (χ2v) is 3.01. The number of methoxy groups -OCH3 is 1. The number of rotatable bonds is 4. The molecule has 0 amide bonds. The van der Waals surface area contributed by atoms with Crippen LogP contribution in [0.2, 0.25) is 0 Å². The first kappa shape index (κ1) is 10.7. The van der Waals surface area contributed by atoms with Gasteiger partial charge in [-0.1, -0.05) is 30.3 Å². The molecule has 14 heavy (non-hydrogen) atoms. The van der Waals surface area contributed by atoms with Gasteiger partial charge in [-0.15, -0.1) is 0 Å². The highest BCUT2D eigenvalue weighted by atomic mass is 19.1. The summed E-state index contributed by atoms with van der Waals surface area (Å²) in [5.41, 5.74) is 1.03. The number of ether oxygens (including phenoxy) is 1. The van der Waals surface area contributed by atoms with E-state index in [4.69, 9.17) is 0 Å². The molecule has 1 rings (SSSR count). The third-order valence-electron chi connectivity index (χ3n) is 1.99. The third-order valence-corrected chi connectivity index (χ3v) is 1.99. The van der Waals surface area contributed by atoms with Gasteiger partial charge in [0.05, 0.1) is 7.11 Å². The Morgan fingerprint density at radius 3 is 2.64 bits per heavy atom. The molecule has 0 spiro atoms. The lowest BCUT2D eigenvalue weighted by atomic mass is 10.1. The molecule has 0 N–H and O–H groups in total. The van der Waals surface area contributed by atoms with Crippen LogP contribution in [0.4, 0.5) is 4.39 Å². The molecule has 0 radical (unpaired) electrons. The normalized spacial score (nSPS) is 12.1. The van der Waals surface area contributed by atoms with Crippen LogP contribution in [-0.2, 0) is 16.0 Å². The molecule has 1 atom stereocenters. The fourth-order valence-electron chi connectivity index (χ4n) is 1.18. The van der Waals surface area contributed by atoms with Crippen molar-refractivity contribution in [2.45, 2.75) is 19.0 Å². The van der Waals surface area contributed by atoms with Crippen LogP contribution in [-0.4, -0.2) is 19.3 Å². The molecule has 0 aliphatic carbocycles. The minimum Gasteiger partial charge on any atom is -0.467 e. The summed E-state index contributed by atoms with van der Waals surface area (Å²) in [4.78, 5) is 10.7. The summed E-state index contributed by atoms with van der Waals surface area (Å²) in [6.07, 6.45) is -0.784. The van der Waals surface area contributed by atoms with Crippen molar-refractivity contribution in [1.82, 2.24) is 0 Å². The molecule has 0 aliphatic heterocycles. The van der Waals surface area contributed by atoms with Crippen molar-refractivity contribution in [3.8, 4) is 0 Å². The molecule has 0 aliphatic rings. The molecule has 76 valence electrons. The minimum atomic E-state index is -1.51. The standard InChI is InChI=1S/C11H13FO2/c1-14-11(13)10(12)8-7-9-5-3-2-4-6-9/h2-6,10H,7-8H2,1H3/t10-/m0/s1. The summed E-state index contributed by atoms with van der Waals surface area (Å²) in [7, 11) is 1.19. The van der Waals surface area contributed by atoms with Crippen molar-refractivity contribution in [2.24, 2.45) is 0 Å². The van der Waals surface area contributed by atoms with Crippen molar-refractivity contribution in [3.63, 3.8) is 0 Å². The van der Waals surface area contributed by atoms with Gasteiger partial charge in [0.25, 0.3) is 0 Å². The minimum absolute atomic E-state index is 0.177. The van der Waals surface area contributed by atoms with Crippen LogP contribution < -0.4 is 0 Å². The lowest BCUT2D eigenvalue weighted by Gasteiger charge is -2.05. The van der Waals surface area contributed by atoms with Gasteiger partial charge in [-0.2, -0.15) is 0 Å². The van der Waals surface area contributed by atoms with Crippen LogP contribution in [0.1, 0.15) is 12.0 Å². The molecule has 0 aromatic heterocycles. The largest absolute Gasteiger partial charge is 0.467 e. The van der Waals surface area contributed by atoms with E-state index in [1.54, 1.807) is 0 Å². The van der Waals surface area contributed by atoms with E-state index in [1.807, 2.05) is 30.3 Å². The van der Waals surface area contributed by atoms with Gasteiger partial charge in [0.1, 0.15) is 0 Å². The third kappa shape index (κ3) is 3.17. The predicted molar refractivity (Wildman–Crippen MR) is 51.7 cm³/mol. The first-order chi connectivity index (χ1) is 6.74. The van der Waals surface area contributed by atoms with Gasteiger partial charge in [0.2, 0.25) is 0 Å². The Morgan fingerprint density at radius 1 is 1.43 bits per heavy atom. The molecule has 0 heterocycles. The van der Waals surface area contributed by atoms with Crippen molar-refractivity contribution < 1.29 is 13.9 Å². The Kier molecular flexibility index (Phi) is 4.11. The van der Waals surface area contributed by atoms with E-state index in [1.165, 1.54) is 7.11 Å². The number of alkyl halides is 1. The molecule has 0 bridgehead atoms. The van der Waals surface area contributed by atoms with Crippen LogP contribution >= 0.6 is 0 Å². The zero-order valence-corrected chi connectivity index (χ0v) is 8.07. The molecule has 0 saturated carbocycles. The molecule has 0 saturated heterocycles. The Morgan fingerprint density at radius 2 is 2.07 bits per heavy atom. The van der Waals surface area contributed by atoms with Gasteiger partial charge < -0.3 is 4.74 Å². The molecule has 1 aromatic rings. The summed E-state index contributed by atoms with van der Waals surface area (Å²) in [5.74, 6) is -0.791. The topological polar surface area (TPSA) is 26.3 Å². The van der Waals surface area contributed by atoms with Crippen LogP contribution in [0.5, 0.6) is 0 Å². The molecule has 0 unspecified atom stereocenters. The summed E-state index contributed by atoms with van der Waals surface area (Å²) in [6, 6.07) is 9.49. The average Bonchev–Trinajstić information content (AvgIpc) is 2.26. The molecule has 0 fully saturated rings. The van der Waals surface area contributed by atoms with Crippen molar-refractivity contribution in [2.75, 3.05) is 7.11 Å². The zero-order valence-electron chi connectivity index (χ0n) is 8.07. The quantitative estimate of drug-likeness (QED) is 0.689. The Hall–Kier alpha value is -1.38. The van der Waals surface area contributed by atoms with E-state index in [9.17, 15) is 9.18 Å². The van der Waals surface area contributed by atoms with Crippen molar-refractivity contribution in [3.05, 3.63) is 35.9 Å². The number of halogens is 1. The number of aryl methyl sites for hydroxylation is 1. The Balaban J connectivity index is 2.38. The van der Waals surface area contributed by atoms with Crippen molar-refractivity contribution >= 4 is 5.97 Å². The number of esters is 1. The lowest BCUT2D eigenvalue weighted by Crippen LogP contribution is -2.17. The Bertz CT molecular complexity index is 285. The van der Waals surface area contributed by atoms with Crippen molar-refractivity contribution in [1.29, 1.82) is 0 Å². The van der Waals surface area contributed by atoms with Crippen LogP contribution in [0, 0.1) is 0 Å². The van der Waals surface area contributed by atoms with E-state index < -0.39 is 12.1 Å². The number of carbonyl (C=O) groups is 1. The number of hydrogen-bond acceptors (Lipinski definition) is 2. The molecular weight excluding hydrogens is 183 g/mol. The van der Waals surface area contributed by atoms with Crippen LogP contribution in [0.3, 0.4) is 0 Å². The molecule has 3 heteroatoms. The second-order valence-electron chi connectivity index (χ2n) is 3.01. The first-order valence-corrected chi connectivity index (χ1v) is 4.50. The van der Waals surface area contributed by atoms with E-state index >= 15 is 0 Å². The van der Waals surface area contributed by atoms with Crippen LogP contribution in [0.15, 0.2) is 30.3 Å². The number of hydrogen-bond donors (Lipinski definition) is 0. The SMILES string of the molecule is COC(=O)[C@@H](F)CCc1ccccc1. The molecular formula is C11H13FO2. The number of benzene rings is 1.